The van der Waals surface area contributed by atoms with Crippen molar-refractivity contribution in [3.63, 3.8) is 0 Å². The highest BCUT2D eigenvalue weighted by Gasteiger charge is 2.14. The van der Waals surface area contributed by atoms with Gasteiger partial charge in [0, 0.05) is 18.7 Å². The number of hydrogen-bond acceptors (Lipinski definition) is 3. The van der Waals surface area contributed by atoms with E-state index in [1.165, 1.54) is 6.07 Å². The molecule has 130 valence electrons. The van der Waals surface area contributed by atoms with E-state index in [9.17, 15) is 14.0 Å². The first kappa shape index (κ1) is 21.3. The van der Waals surface area contributed by atoms with Gasteiger partial charge in [-0.15, -0.1) is 12.4 Å². The quantitative estimate of drug-likeness (QED) is 0.658. The smallest absolute Gasteiger partial charge is 0.251 e. The molecule has 1 aromatic rings. The average molecular weight is 346 g/mol. The highest BCUT2D eigenvalue weighted by atomic mass is 35.5. The second-order valence-electron chi connectivity index (χ2n) is 5.75. The van der Waals surface area contributed by atoms with Crippen molar-refractivity contribution in [3.8, 4) is 0 Å². The molecule has 0 aliphatic carbocycles. The van der Waals surface area contributed by atoms with Crippen molar-refractivity contribution in [2.45, 2.75) is 33.2 Å². The van der Waals surface area contributed by atoms with Crippen molar-refractivity contribution >= 4 is 24.2 Å². The van der Waals surface area contributed by atoms with Crippen LogP contribution in [0.15, 0.2) is 18.2 Å². The van der Waals surface area contributed by atoms with Crippen LogP contribution in [0, 0.1) is 18.7 Å². The number of amides is 2. The number of halogens is 2. The normalized spacial score (nSPS) is 11.6. The maximum Gasteiger partial charge on any atom is 0.251 e. The van der Waals surface area contributed by atoms with Crippen molar-refractivity contribution in [1.29, 1.82) is 0 Å². The minimum atomic E-state index is -0.540. The van der Waals surface area contributed by atoms with Crippen molar-refractivity contribution < 1.29 is 14.0 Å². The molecule has 5 nitrogen and oxygen atoms in total. The third kappa shape index (κ3) is 7.43. The van der Waals surface area contributed by atoms with Gasteiger partial charge in [-0.2, -0.15) is 0 Å². The minimum absolute atomic E-state index is 0. The number of nitrogens with one attached hydrogen (secondary N) is 2. The van der Waals surface area contributed by atoms with Crippen molar-refractivity contribution in [1.82, 2.24) is 10.6 Å². The van der Waals surface area contributed by atoms with Gasteiger partial charge in [0.2, 0.25) is 5.91 Å². The van der Waals surface area contributed by atoms with Crippen LogP contribution in [0.5, 0.6) is 0 Å². The highest BCUT2D eigenvalue weighted by Crippen LogP contribution is 2.08. The lowest BCUT2D eigenvalue weighted by molar-refractivity contribution is -0.122. The van der Waals surface area contributed by atoms with Crippen molar-refractivity contribution in [2.24, 2.45) is 11.7 Å². The SMILES string of the molecule is Cc1ccc(C(=O)NCCNC(=O)[C@@H](N)CC(C)C)cc1F.Cl. The molecule has 4 N–H and O–H groups in total. The zero-order valence-electron chi connectivity index (χ0n) is 13.7. The van der Waals surface area contributed by atoms with Gasteiger partial charge in [-0.25, -0.2) is 4.39 Å². The van der Waals surface area contributed by atoms with Crippen LogP contribution in [0.4, 0.5) is 4.39 Å². The summed E-state index contributed by atoms with van der Waals surface area (Å²) < 4.78 is 13.4. The molecule has 2 amide bonds. The molecule has 0 heterocycles. The Balaban J connectivity index is 0.00000484. The molecule has 0 radical (unpaired) electrons. The Hall–Kier alpha value is -1.66. The fourth-order valence-electron chi connectivity index (χ4n) is 1.94. The van der Waals surface area contributed by atoms with Gasteiger partial charge >= 0.3 is 0 Å². The molecule has 0 unspecified atom stereocenters. The fraction of sp³-hybridized carbons (Fsp3) is 0.500. The van der Waals surface area contributed by atoms with Gasteiger partial charge in [0.1, 0.15) is 5.82 Å². The standard InChI is InChI=1S/C16H24FN3O2.ClH/c1-10(2)8-14(18)16(22)20-7-6-19-15(21)12-5-4-11(3)13(17)9-12;/h4-5,9-10,14H,6-8,18H2,1-3H3,(H,19,21)(H,20,22);1H/t14-;/m0./s1. The second kappa shape index (κ2) is 10.2. The molecule has 23 heavy (non-hydrogen) atoms. The van der Waals surface area contributed by atoms with Crippen LogP contribution in [-0.2, 0) is 4.79 Å². The Morgan fingerprint density at radius 1 is 1.22 bits per heavy atom. The topological polar surface area (TPSA) is 84.2 Å². The summed E-state index contributed by atoms with van der Waals surface area (Å²) in [5, 5.41) is 5.28. The molecule has 0 spiro atoms. The Labute approximate surface area is 142 Å². The van der Waals surface area contributed by atoms with Gasteiger partial charge in [0.05, 0.1) is 6.04 Å². The molecule has 1 rings (SSSR count). The van der Waals surface area contributed by atoms with E-state index in [0.717, 1.165) is 0 Å². The third-order valence-corrected chi connectivity index (χ3v) is 3.21. The lowest BCUT2D eigenvalue weighted by Gasteiger charge is -2.14. The van der Waals surface area contributed by atoms with E-state index in [1.54, 1.807) is 19.1 Å². The number of carbonyl (C=O) groups is 2. The molecule has 0 fully saturated rings. The first-order chi connectivity index (χ1) is 10.3. The molecular formula is C16H25ClFN3O2. The molecule has 0 bridgehead atoms. The van der Waals surface area contributed by atoms with E-state index in [4.69, 9.17) is 5.73 Å². The maximum atomic E-state index is 13.4. The Morgan fingerprint density at radius 2 is 1.83 bits per heavy atom. The summed E-state index contributed by atoms with van der Waals surface area (Å²) in [5.41, 5.74) is 6.49. The van der Waals surface area contributed by atoms with Crippen LogP contribution in [-0.4, -0.2) is 30.9 Å². The molecule has 0 saturated carbocycles. The largest absolute Gasteiger partial charge is 0.353 e. The average Bonchev–Trinajstić information content (AvgIpc) is 2.45. The first-order valence-corrected chi connectivity index (χ1v) is 7.39. The van der Waals surface area contributed by atoms with E-state index >= 15 is 0 Å². The number of nitrogens with two attached hydrogens (primary N) is 1. The summed E-state index contributed by atoms with van der Waals surface area (Å²) in [4.78, 5) is 23.5. The van der Waals surface area contributed by atoms with E-state index in [0.29, 0.717) is 17.9 Å². The molecule has 0 saturated heterocycles. The molecule has 0 aliphatic rings. The van der Waals surface area contributed by atoms with Crippen LogP contribution >= 0.6 is 12.4 Å². The highest BCUT2D eigenvalue weighted by molar-refractivity contribution is 5.94. The molecular weight excluding hydrogens is 321 g/mol. The first-order valence-electron chi connectivity index (χ1n) is 7.39. The lowest BCUT2D eigenvalue weighted by Crippen LogP contribution is -2.44. The molecule has 0 aromatic heterocycles. The Kier molecular flexibility index (Phi) is 9.44. The van der Waals surface area contributed by atoms with Gasteiger partial charge in [-0.1, -0.05) is 19.9 Å². The van der Waals surface area contributed by atoms with Gasteiger partial charge < -0.3 is 16.4 Å². The van der Waals surface area contributed by atoms with Crippen molar-refractivity contribution in [3.05, 3.63) is 35.1 Å². The van der Waals surface area contributed by atoms with E-state index < -0.39 is 11.9 Å². The summed E-state index contributed by atoms with van der Waals surface area (Å²) >= 11 is 0. The van der Waals surface area contributed by atoms with Gasteiger partial charge in [-0.05, 0) is 37.0 Å². The zero-order valence-corrected chi connectivity index (χ0v) is 14.5. The number of benzene rings is 1. The molecule has 1 atom stereocenters. The molecule has 1 aromatic carbocycles. The van der Waals surface area contributed by atoms with E-state index in [1.807, 2.05) is 13.8 Å². The predicted molar refractivity (Wildman–Crippen MR) is 91.2 cm³/mol. The number of rotatable bonds is 7. The van der Waals surface area contributed by atoms with Gasteiger partial charge in [0.15, 0.2) is 0 Å². The van der Waals surface area contributed by atoms with Crippen LogP contribution in [0.25, 0.3) is 0 Å². The summed E-state index contributed by atoms with van der Waals surface area (Å²) in [5.74, 6) is -0.679. The summed E-state index contributed by atoms with van der Waals surface area (Å²) in [6.45, 7) is 6.16. The van der Waals surface area contributed by atoms with Crippen LogP contribution in [0.2, 0.25) is 0 Å². The Morgan fingerprint density at radius 3 is 2.39 bits per heavy atom. The van der Waals surface area contributed by atoms with Crippen molar-refractivity contribution in [2.75, 3.05) is 13.1 Å². The van der Waals surface area contributed by atoms with E-state index in [-0.39, 0.29) is 42.9 Å². The molecule has 7 heteroatoms. The van der Waals surface area contributed by atoms with Crippen LogP contribution in [0.3, 0.4) is 0 Å². The lowest BCUT2D eigenvalue weighted by atomic mass is 10.0. The number of hydrogen-bond donors (Lipinski definition) is 3. The monoisotopic (exact) mass is 345 g/mol. The summed E-state index contributed by atoms with van der Waals surface area (Å²) in [6.07, 6.45) is 0.612. The fourth-order valence-corrected chi connectivity index (χ4v) is 1.94. The number of aryl methyl sites for hydroxylation is 1. The summed E-state index contributed by atoms with van der Waals surface area (Å²) in [6, 6.07) is 3.77. The minimum Gasteiger partial charge on any atom is -0.353 e. The Bertz CT molecular complexity index is 538. The predicted octanol–water partition coefficient (Wildman–Crippen LogP) is 1.78. The van der Waals surface area contributed by atoms with Gasteiger partial charge in [0.25, 0.3) is 5.91 Å². The summed E-state index contributed by atoms with van der Waals surface area (Å²) in [7, 11) is 0. The zero-order chi connectivity index (χ0) is 16.7. The molecule has 0 aliphatic heterocycles. The maximum absolute atomic E-state index is 13.4. The van der Waals surface area contributed by atoms with Gasteiger partial charge in [-0.3, -0.25) is 9.59 Å². The van der Waals surface area contributed by atoms with E-state index in [2.05, 4.69) is 10.6 Å². The number of carbonyl (C=O) groups excluding carboxylic acids is 2. The second-order valence-corrected chi connectivity index (χ2v) is 5.75. The van der Waals surface area contributed by atoms with Crippen LogP contribution in [0.1, 0.15) is 36.2 Å². The van der Waals surface area contributed by atoms with Crippen LogP contribution < -0.4 is 16.4 Å². The third-order valence-electron chi connectivity index (χ3n) is 3.21.